The molecule has 0 spiro atoms. The van der Waals surface area contributed by atoms with E-state index < -0.39 is 24.1 Å². The molecule has 10 nitrogen and oxygen atoms in total. The Morgan fingerprint density at radius 2 is 2.13 bits per heavy atom. The number of nitrogens with two attached hydrogens (primary N) is 1. The number of carbonyl (C=O) groups is 1. The van der Waals surface area contributed by atoms with Crippen LogP contribution in [0.4, 0.5) is 20.7 Å². The number of aromatic nitrogens is 1. The van der Waals surface area contributed by atoms with Crippen molar-refractivity contribution in [3.8, 4) is 0 Å². The van der Waals surface area contributed by atoms with Crippen LogP contribution in [0.3, 0.4) is 0 Å². The predicted molar refractivity (Wildman–Crippen MR) is 109 cm³/mol. The van der Waals surface area contributed by atoms with Crippen LogP contribution >= 0.6 is 11.6 Å². The number of benzene rings is 1. The third-order valence-electron chi connectivity index (χ3n) is 4.43. The molecule has 0 radical (unpaired) electrons. The molecule has 1 aromatic carbocycles. The second-order valence-electron chi connectivity index (χ2n) is 6.41. The number of nitrogens with one attached hydrogen (secondary N) is 3. The number of hydroxylamine groups is 2. The van der Waals surface area contributed by atoms with Crippen molar-refractivity contribution in [3.63, 3.8) is 0 Å². The van der Waals surface area contributed by atoms with E-state index in [1.165, 1.54) is 39.3 Å². The number of rotatable bonds is 6. The van der Waals surface area contributed by atoms with Crippen LogP contribution in [0, 0.1) is 11.2 Å². The number of aliphatic hydroxyl groups is 1. The number of carbonyl (C=O) groups excluding carboxylic acids is 1. The summed E-state index contributed by atoms with van der Waals surface area (Å²) in [4.78, 5) is 16.6. The van der Waals surface area contributed by atoms with E-state index in [1.807, 2.05) is 0 Å². The van der Waals surface area contributed by atoms with Crippen LogP contribution in [0.15, 0.2) is 24.3 Å². The molecule has 12 heteroatoms. The van der Waals surface area contributed by atoms with Gasteiger partial charge in [0.2, 0.25) is 5.90 Å². The first-order chi connectivity index (χ1) is 14.0. The second kappa shape index (κ2) is 9.22. The molecule has 0 bridgehead atoms. The van der Waals surface area contributed by atoms with E-state index in [-0.39, 0.29) is 33.7 Å². The number of halogens is 2. The van der Waals surface area contributed by atoms with E-state index in [0.29, 0.717) is 5.56 Å². The van der Waals surface area contributed by atoms with E-state index in [0.717, 1.165) is 11.1 Å². The number of nitrogen functional groups attached to an aromatic ring is 1. The highest BCUT2D eigenvalue weighted by Crippen LogP contribution is 2.27. The summed E-state index contributed by atoms with van der Waals surface area (Å²) in [5.41, 5.74) is 4.93. The van der Waals surface area contributed by atoms with Gasteiger partial charge in [0.1, 0.15) is 17.3 Å². The largest absolute Gasteiger partial charge is 0.481 e. The molecular formula is C18H22ClFN6O4. The molecule has 2 amide bonds. The summed E-state index contributed by atoms with van der Waals surface area (Å²) in [6.07, 6.45) is 0. The van der Waals surface area contributed by atoms with E-state index in [1.54, 1.807) is 0 Å². The Balaban J connectivity index is 2.31. The molecule has 0 aliphatic rings. The van der Waals surface area contributed by atoms with Gasteiger partial charge >= 0.3 is 6.03 Å². The molecule has 0 saturated heterocycles. The molecule has 0 aliphatic heterocycles. The first-order valence-corrected chi connectivity index (χ1v) is 8.91. The number of urea groups is 1. The van der Waals surface area contributed by atoms with Crippen LogP contribution in [0.2, 0.25) is 5.02 Å². The molecule has 2 rings (SSSR count). The summed E-state index contributed by atoms with van der Waals surface area (Å²) >= 11 is 5.82. The number of hydrogen-bond acceptors (Lipinski definition) is 8. The maximum atomic E-state index is 13.5. The molecule has 162 valence electrons. The Kier molecular flexibility index (Phi) is 7.16. The highest BCUT2D eigenvalue weighted by atomic mass is 35.5. The number of anilines is 2. The molecule has 1 heterocycles. The van der Waals surface area contributed by atoms with Crippen LogP contribution < -0.4 is 16.4 Å². The molecule has 7 N–H and O–H groups in total. The summed E-state index contributed by atoms with van der Waals surface area (Å²) in [7, 11) is 2.57. The van der Waals surface area contributed by atoms with Gasteiger partial charge < -0.3 is 26.1 Å². The van der Waals surface area contributed by atoms with Gasteiger partial charge in [-0.2, -0.15) is 5.06 Å². The zero-order valence-corrected chi connectivity index (χ0v) is 17.2. The lowest BCUT2D eigenvalue weighted by molar-refractivity contribution is -0.158. The first kappa shape index (κ1) is 23.3. The molecule has 0 saturated carbocycles. The Hall–Kier alpha value is -2.99. The number of amides is 2. The normalized spacial score (nSPS) is 12.9. The van der Waals surface area contributed by atoms with Gasteiger partial charge in [0, 0.05) is 18.8 Å². The quantitative estimate of drug-likeness (QED) is 0.174. The van der Waals surface area contributed by atoms with Gasteiger partial charge in [-0.05, 0) is 24.6 Å². The highest BCUT2D eigenvalue weighted by Gasteiger charge is 2.33. The second-order valence-corrected chi connectivity index (χ2v) is 6.82. The summed E-state index contributed by atoms with van der Waals surface area (Å²) in [5, 5.41) is 32.9. The van der Waals surface area contributed by atoms with Crippen LogP contribution in [-0.4, -0.2) is 46.4 Å². The van der Waals surface area contributed by atoms with E-state index in [4.69, 9.17) is 27.5 Å². The van der Waals surface area contributed by atoms with Crippen LogP contribution in [0.25, 0.3) is 0 Å². The van der Waals surface area contributed by atoms with Crippen molar-refractivity contribution < 1.29 is 24.2 Å². The third-order valence-corrected chi connectivity index (χ3v) is 4.72. The predicted octanol–water partition coefficient (Wildman–Crippen LogP) is 2.24. The van der Waals surface area contributed by atoms with Gasteiger partial charge in [0.15, 0.2) is 0 Å². The molecule has 1 atom stereocenters. The molecule has 1 aromatic heterocycles. The van der Waals surface area contributed by atoms with Gasteiger partial charge in [-0.15, -0.1) is 0 Å². The summed E-state index contributed by atoms with van der Waals surface area (Å²) in [6.45, 7) is 0.924. The minimum Gasteiger partial charge on any atom is -0.481 e. The van der Waals surface area contributed by atoms with Gasteiger partial charge in [-0.1, -0.05) is 17.7 Å². The fourth-order valence-electron chi connectivity index (χ4n) is 2.67. The Morgan fingerprint density at radius 1 is 1.47 bits per heavy atom. The van der Waals surface area contributed by atoms with Gasteiger partial charge in [0.05, 0.1) is 30.0 Å². The first-order valence-electron chi connectivity index (χ1n) is 8.54. The highest BCUT2D eigenvalue weighted by molar-refractivity contribution is 6.30. The Bertz CT molecular complexity index is 974. The number of aliphatic hydroxyl groups excluding tert-OH is 1. The van der Waals surface area contributed by atoms with Gasteiger partial charge in [-0.25, -0.2) is 14.2 Å². The van der Waals surface area contributed by atoms with Crippen molar-refractivity contribution in [2.24, 2.45) is 0 Å². The molecule has 0 unspecified atom stereocenters. The number of ether oxygens (including phenoxy) is 1. The van der Waals surface area contributed by atoms with Gasteiger partial charge in [-0.3, -0.25) is 10.7 Å². The zero-order chi connectivity index (χ0) is 22.6. The minimum atomic E-state index is -1.48. The summed E-state index contributed by atoms with van der Waals surface area (Å²) in [5.74, 6) is -0.949. The average molecular weight is 441 g/mol. The summed E-state index contributed by atoms with van der Waals surface area (Å²) < 4.78 is 18.3. The fourth-order valence-corrected chi connectivity index (χ4v) is 2.85. The molecular weight excluding hydrogens is 419 g/mol. The molecule has 0 fully saturated rings. The molecule has 0 aliphatic carbocycles. The van der Waals surface area contributed by atoms with Crippen LogP contribution in [0.5, 0.6) is 0 Å². The average Bonchev–Trinajstić information content (AvgIpc) is 2.68. The Labute approximate surface area is 176 Å². The van der Waals surface area contributed by atoms with E-state index in [9.17, 15) is 19.5 Å². The van der Waals surface area contributed by atoms with Crippen molar-refractivity contribution in [1.29, 1.82) is 5.41 Å². The van der Waals surface area contributed by atoms with Crippen LogP contribution in [-0.2, 0) is 17.0 Å². The number of hydrogen-bond donors (Lipinski definition) is 6. The lowest BCUT2D eigenvalue weighted by Gasteiger charge is -2.36. The fraction of sp³-hybridized carbons (Fsp3) is 0.278. The van der Waals surface area contributed by atoms with Crippen LogP contribution in [0.1, 0.15) is 23.7 Å². The standard InChI is InChI=1S/C18H22ClFN6O4/c1-18(26(2)29,9-4-5-11(20)10(19)6-9)25-17(28)24-14-7-12(21)15(16(22)30-3)13(8-27)23-14/h4-7,22,27,29H,8H2,1-3H3,(H4,21,23,24,25,28)/t18-/m0/s1. The topological polar surface area (TPSA) is 157 Å². The molecule has 30 heavy (non-hydrogen) atoms. The number of nitrogens with zero attached hydrogens (tertiary/aromatic N) is 2. The molecule has 2 aromatic rings. The van der Waals surface area contributed by atoms with E-state index >= 15 is 0 Å². The maximum absolute atomic E-state index is 13.5. The van der Waals surface area contributed by atoms with Crippen molar-refractivity contribution in [2.45, 2.75) is 19.2 Å². The van der Waals surface area contributed by atoms with Crippen molar-refractivity contribution in [1.82, 2.24) is 15.4 Å². The Morgan fingerprint density at radius 3 is 2.67 bits per heavy atom. The van der Waals surface area contributed by atoms with Gasteiger partial charge in [0.25, 0.3) is 0 Å². The van der Waals surface area contributed by atoms with Crippen molar-refractivity contribution in [3.05, 3.63) is 51.9 Å². The smallest absolute Gasteiger partial charge is 0.322 e. The van der Waals surface area contributed by atoms with Crippen molar-refractivity contribution >= 4 is 35.0 Å². The lowest BCUT2D eigenvalue weighted by atomic mass is 10.0. The lowest BCUT2D eigenvalue weighted by Crippen LogP contribution is -2.54. The van der Waals surface area contributed by atoms with Crippen molar-refractivity contribution in [2.75, 3.05) is 25.2 Å². The maximum Gasteiger partial charge on any atom is 0.322 e. The third kappa shape index (κ3) is 4.76. The zero-order valence-electron chi connectivity index (χ0n) is 16.5. The summed E-state index contributed by atoms with van der Waals surface area (Å²) in [6, 6.07) is 4.24. The van der Waals surface area contributed by atoms with E-state index in [2.05, 4.69) is 15.6 Å². The monoisotopic (exact) mass is 440 g/mol. The number of pyridine rings is 1. The minimum absolute atomic E-state index is 0.0122. The SMILES string of the molecule is COC(=N)c1c(N)cc(NC(=O)N[C@](C)(c2ccc(F)c(Cl)c2)N(C)O)nc1CO. The number of methoxy groups -OCH3 is 1.